The Labute approximate surface area is 166 Å². The van der Waals surface area contributed by atoms with Gasteiger partial charge in [0.15, 0.2) is 15.6 Å². The van der Waals surface area contributed by atoms with E-state index in [1.54, 1.807) is 0 Å². The first-order chi connectivity index (χ1) is 13.5. The zero-order valence-corrected chi connectivity index (χ0v) is 16.5. The molecular weight excluding hydrogens is 412 g/mol. The van der Waals surface area contributed by atoms with E-state index in [9.17, 15) is 30.8 Å². The Hall–Kier alpha value is -1.64. The highest BCUT2D eigenvalue weighted by atomic mass is 32.2. The molecule has 0 saturated heterocycles. The predicted octanol–water partition coefficient (Wildman–Crippen LogP) is 4.57. The standard InChI is InChI=1S/C20H22F4O4S/c21-16-9-18(28-11-19(6-1-7-19)20(22,23)24)14(12-2-3-12)8-15(16)17(25)10-29(26,27)13-4-5-13/h8-9,12-13H,1-7,10-11H2. The molecule has 3 aliphatic rings. The van der Waals surface area contributed by atoms with Crippen LogP contribution in [-0.4, -0.2) is 38.0 Å². The Morgan fingerprint density at radius 3 is 2.28 bits per heavy atom. The molecule has 4 nitrogen and oxygen atoms in total. The normalized spacial score (nSPS) is 21.5. The van der Waals surface area contributed by atoms with Gasteiger partial charge < -0.3 is 4.74 Å². The molecule has 0 atom stereocenters. The number of carbonyl (C=O) groups is 1. The molecule has 4 rings (SSSR count). The molecule has 0 aliphatic heterocycles. The summed E-state index contributed by atoms with van der Waals surface area (Å²) in [5.41, 5.74) is -1.76. The molecule has 0 spiro atoms. The summed E-state index contributed by atoms with van der Waals surface area (Å²) in [6.07, 6.45) is -1.41. The van der Waals surface area contributed by atoms with Gasteiger partial charge >= 0.3 is 6.18 Å². The van der Waals surface area contributed by atoms with E-state index in [2.05, 4.69) is 0 Å². The summed E-state index contributed by atoms with van der Waals surface area (Å²) in [6.45, 7) is -0.584. The molecule has 0 amide bonds. The number of halogens is 4. The van der Waals surface area contributed by atoms with Crippen LogP contribution in [0.2, 0.25) is 0 Å². The van der Waals surface area contributed by atoms with Gasteiger partial charge in [0.1, 0.15) is 23.9 Å². The number of hydrogen-bond donors (Lipinski definition) is 0. The molecule has 1 aromatic rings. The number of hydrogen-bond acceptors (Lipinski definition) is 4. The Kier molecular flexibility index (Phi) is 4.95. The van der Waals surface area contributed by atoms with E-state index in [4.69, 9.17) is 4.74 Å². The fourth-order valence-electron chi connectivity index (χ4n) is 3.76. The summed E-state index contributed by atoms with van der Waals surface area (Å²) >= 11 is 0. The number of carbonyl (C=O) groups excluding carboxylic acids is 1. The second-order valence-electron chi connectivity index (χ2n) is 8.49. The summed E-state index contributed by atoms with van der Waals surface area (Å²) in [7, 11) is -3.59. The van der Waals surface area contributed by atoms with Crippen LogP contribution in [-0.2, 0) is 9.84 Å². The van der Waals surface area contributed by atoms with Crippen molar-refractivity contribution in [2.45, 2.75) is 62.3 Å². The molecule has 3 fully saturated rings. The minimum Gasteiger partial charge on any atom is -0.492 e. The number of benzene rings is 1. The molecule has 0 radical (unpaired) electrons. The maximum absolute atomic E-state index is 14.6. The minimum absolute atomic E-state index is 0.0135. The number of ketones is 1. The topological polar surface area (TPSA) is 60.4 Å². The van der Waals surface area contributed by atoms with Gasteiger partial charge in [-0.2, -0.15) is 13.2 Å². The highest BCUT2D eigenvalue weighted by Crippen LogP contribution is 2.53. The van der Waals surface area contributed by atoms with Crippen LogP contribution in [0.25, 0.3) is 0 Å². The van der Waals surface area contributed by atoms with Gasteiger partial charge in [0, 0.05) is 6.07 Å². The maximum Gasteiger partial charge on any atom is 0.397 e. The third-order valence-electron chi connectivity index (χ3n) is 6.20. The van der Waals surface area contributed by atoms with Crippen LogP contribution in [0.15, 0.2) is 12.1 Å². The second kappa shape index (κ2) is 6.96. The van der Waals surface area contributed by atoms with Crippen molar-refractivity contribution >= 4 is 15.6 Å². The van der Waals surface area contributed by atoms with Crippen molar-refractivity contribution in [3.63, 3.8) is 0 Å². The number of rotatable bonds is 8. The minimum atomic E-state index is -4.39. The molecule has 3 saturated carbocycles. The molecule has 0 heterocycles. The molecule has 0 aromatic heterocycles. The molecule has 1 aromatic carbocycles. The molecule has 9 heteroatoms. The molecule has 0 unspecified atom stereocenters. The predicted molar refractivity (Wildman–Crippen MR) is 97.3 cm³/mol. The van der Waals surface area contributed by atoms with Crippen LogP contribution >= 0.6 is 0 Å². The van der Waals surface area contributed by atoms with Gasteiger partial charge in [-0.25, -0.2) is 12.8 Å². The van der Waals surface area contributed by atoms with E-state index in [0.717, 1.165) is 18.9 Å². The Morgan fingerprint density at radius 1 is 1.14 bits per heavy atom. The molecule has 160 valence electrons. The Balaban J connectivity index is 1.56. The van der Waals surface area contributed by atoms with Gasteiger partial charge in [0.2, 0.25) is 0 Å². The summed E-state index contributed by atoms with van der Waals surface area (Å²) in [4.78, 5) is 12.4. The van der Waals surface area contributed by atoms with Crippen LogP contribution in [0.1, 0.15) is 66.8 Å². The van der Waals surface area contributed by atoms with Crippen molar-refractivity contribution in [1.82, 2.24) is 0 Å². The fourth-order valence-corrected chi connectivity index (χ4v) is 5.37. The lowest BCUT2D eigenvalue weighted by Gasteiger charge is -2.42. The van der Waals surface area contributed by atoms with Crippen LogP contribution < -0.4 is 4.74 Å². The van der Waals surface area contributed by atoms with Crippen molar-refractivity contribution < 1.29 is 35.5 Å². The van der Waals surface area contributed by atoms with Gasteiger partial charge in [-0.3, -0.25) is 4.79 Å². The third kappa shape index (κ3) is 4.02. The van der Waals surface area contributed by atoms with Crippen LogP contribution in [0.4, 0.5) is 17.6 Å². The lowest BCUT2D eigenvalue weighted by Crippen LogP contribution is -2.48. The molecule has 3 aliphatic carbocycles. The quantitative estimate of drug-likeness (QED) is 0.444. The second-order valence-corrected chi connectivity index (χ2v) is 10.8. The summed E-state index contributed by atoms with van der Waals surface area (Å²) in [5.74, 6) is -2.54. The van der Waals surface area contributed by atoms with Gasteiger partial charge in [0.25, 0.3) is 0 Å². The zero-order chi connectivity index (χ0) is 21.0. The Morgan fingerprint density at radius 2 is 1.79 bits per heavy atom. The summed E-state index contributed by atoms with van der Waals surface area (Å²) in [5, 5.41) is -0.527. The van der Waals surface area contributed by atoms with Crippen LogP contribution in [0.5, 0.6) is 5.75 Å². The van der Waals surface area contributed by atoms with Crippen LogP contribution in [0.3, 0.4) is 0 Å². The van der Waals surface area contributed by atoms with Gasteiger partial charge in [0.05, 0.1) is 16.2 Å². The van der Waals surface area contributed by atoms with Crippen molar-refractivity contribution in [2.24, 2.45) is 5.41 Å². The highest BCUT2D eigenvalue weighted by Gasteiger charge is 2.59. The van der Waals surface area contributed by atoms with Crippen LogP contribution in [0, 0.1) is 11.2 Å². The number of ether oxygens (including phenoxy) is 1. The smallest absolute Gasteiger partial charge is 0.397 e. The van der Waals surface area contributed by atoms with E-state index in [1.807, 2.05) is 0 Å². The molecule has 0 N–H and O–H groups in total. The highest BCUT2D eigenvalue weighted by molar-refractivity contribution is 7.93. The van der Waals surface area contributed by atoms with E-state index >= 15 is 0 Å². The summed E-state index contributed by atoms with van der Waals surface area (Å²) in [6, 6.07) is 2.21. The lowest BCUT2D eigenvalue weighted by molar-refractivity contribution is -0.259. The van der Waals surface area contributed by atoms with Crippen molar-refractivity contribution in [3.05, 3.63) is 29.1 Å². The van der Waals surface area contributed by atoms with Crippen molar-refractivity contribution in [3.8, 4) is 5.75 Å². The molecule has 0 bridgehead atoms. The first-order valence-electron chi connectivity index (χ1n) is 9.80. The fraction of sp³-hybridized carbons (Fsp3) is 0.650. The number of Topliss-reactive ketones (excluding diaryl/α,β-unsaturated/α-hetero) is 1. The number of alkyl halides is 3. The van der Waals surface area contributed by atoms with E-state index in [-0.39, 0.29) is 30.1 Å². The van der Waals surface area contributed by atoms with Gasteiger partial charge in [-0.15, -0.1) is 0 Å². The third-order valence-corrected chi connectivity index (χ3v) is 8.35. The van der Waals surface area contributed by atoms with E-state index in [1.165, 1.54) is 6.07 Å². The zero-order valence-electron chi connectivity index (χ0n) is 15.7. The maximum atomic E-state index is 14.6. The van der Waals surface area contributed by atoms with Gasteiger partial charge in [-0.05, 0) is 56.1 Å². The largest absolute Gasteiger partial charge is 0.492 e. The van der Waals surface area contributed by atoms with E-state index in [0.29, 0.717) is 24.8 Å². The lowest BCUT2D eigenvalue weighted by atomic mass is 9.69. The monoisotopic (exact) mass is 434 g/mol. The van der Waals surface area contributed by atoms with Crippen molar-refractivity contribution in [1.29, 1.82) is 0 Å². The SMILES string of the molecule is O=C(CS(=O)(=O)C1CC1)c1cc(C2CC2)c(OCC2(C(F)(F)F)CCC2)cc1F. The average molecular weight is 434 g/mol. The first kappa shape index (κ1) is 20.6. The average Bonchev–Trinajstić information content (AvgIpc) is 3.44. The molecule has 29 heavy (non-hydrogen) atoms. The van der Waals surface area contributed by atoms with E-state index < -0.39 is 50.6 Å². The van der Waals surface area contributed by atoms with Gasteiger partial charge in [-0.1, -0.05) is 6.42 Å². The van der Waals surface area contributed by atoms with Crippen molar-refractivity contribution in [2.75, 3.05) is 12.4 Å². The first-order valence-corrected chi connectivity index (χ1v) is 11.5. The Bertz CT molecular complexity index is 927. The summed E-state index contributed by atoms with van der Waals surface area (Å²) < 4.78 is 84.2. The molecular formula is C20H22F4O4S. The number of sulfone groups is 1.